The van der Waals surface area contributed by atoms with E-state index in [0.717, 1.165) is 16.4 Å². The van der Waals surface area contributed by atoms with Crippen LogP contribution in [0.15, 0.2) is 35.9 Å². The average molecular weight is 359 g/mol. The zero-order valence-corrected chi connectivity index (χ0v) is 15.1. The predicted octanol–water partition coefficient (Wildman–Crippen LogP) is 1.20. The highest BCUT2D eigenvalue weighted by atomic mass is 32.2. The molecule has 25 heavy (non-hydrogen) atoms. The zero-order chi connectivity index (χ0) is 17.8. The topological polar surface area (TPSA) is 80.1 Å². The van der Waals surface area contributed by atoms with Crippen molar-refractivity contribution in [1.82, 2.24) is 24.8 Å². The van der Waals surface area contributed by atoms with Crippen LogP contribution >= 0.6 is 11.8 Å². The van der Waals surface area contributed by atoms with Gasteiger partial charge in [-0.15, -0.1) is 0 Å². The van der Waals surface area contributed by atoms with Crippen LogP contribution < -0.4 is 5.32 Å². The van der Waals surface area contributed by atoms with E-state index in [-0.39, 0.29) is 24.2 Å². The second kappa shape index (κ2) is 7.69. The normalized spacial score (nSPS) is 17.1. The molecule has 2 aromatic heterocycles. The number of aromatic nitrogens is 3. The Labute approximate surface area is 150 Å². The highest BCUT2D eigenvalue weighted by Gasteiger charge is 2.34. The molecule has 3 rings (SSSR count). The highest BCUT2D eigenvalue weighted by Crippen LogP contribution is 2.20. The molecule has 8 heteroatoms. The molecule has 0 spiro atoms. The molecule has 1 fully saturated rings. The van der Waals surface area contributed by atoms with Gasteiger partial charge in [-0.2, -0.15) is 0 Å². The van der Waals surface area contributed by atoms with Gasteiger partial charge in [0, 0.05) is 39.0 Å². The van der Waals surface area contributed by atoms with E-state index in [0.29, 0.717) is 19.6 Å². The van der Waals surface area contributed by atoms with Crippen molar-refractivity contribution in [3.63, 3.8) is 0 Å². The molecule has 0 aromatic carbocycles. The first-order chi connectivity index (χ1) is 12.1. The third-order valence-corrected chi connectivity index (χ3v) is 5.09. The second-order valence-corrected chi connectivity index (χ2v) is 6.82. The first-order valence-corrected chi connectivity index (χ1v) is 9.30. The van der Waals surface area contributed by atoms with Crippen molar-refractivity contribution in [2.45, 2.75) is 24.7 Å². The minimum atomic E-state index is -0.308. The maximum Gasteiger partial charge on any atom is 0.225 e. The van der Waals surface area contributed by atoms with Gasteiger partial charge in [0.15, 0.2) is 5.16 Å². The molecule has 0 saturated carbocycles. The molecule has 2 aromatic rings. The minimum absolute atomic E-state index is 0.00852. The summed E-state index contributed by atoms with van der Waals surface area (Å²) < 4.78 is 1.96. The van der Waals surface area contributed by atoms with Gasteiger partial charge >= 0.3 is 0 Å². The lowest BCUT2D eigenvalue weighted by Crippen LogP contribution is -2.33. The van der Waals surface area contributed by atoms with Gasteiger partial charge in [-0.25, -0.2) is 4.98 Å². The summed E-state index contributed by atoms with van der Waals surface area (Å²) in [5, 5.41) is 3.83. The lowest BCUT2D eigenvalue weighted by Gasteiger charge is -2.16. The van der Waals surface area contributed by atoms with E-state index in [1.807, 2.05) is 30.0 Å². The molecule has 0 unspecified atom stereocenters. The maximum absolute atomic E-state index is 12.4. The Morgan fingerprint density at radius 1 is 1.44 bits per heavy atom. The molecule has 1 N–H and O–H groups in total. The number of thioether (sulfide) groups is 1. The van der Waals surface area contributed by atoms with Crippen LogP contribution in [0.4, 0.5) is 0 Å². The number of likely N-dealkylation sites (tertiary alicyclic amines) is 1. The number of rotatable bonds is 6. The monoisotopic (exact) mass is 359 g/mol. The lowest BCUT2D eigenvalue weighted by molar-refractivity contribution is -0.129. The number of carbonyl (C=O) groups excluding carboxylic acids is 2. The summed E-state index contributed by atoms with van der Waals surface area (Å²) in [7, 11) is 1.93. The molecule has 1 atom stereocenters. The first-order valence-electron chi connectivity index (χ1n) is 8.07. The fourth-order valence-corrected chi connectivity index (χ4v) is 3.46. The first kappa shape index (κ1) is 17.5. The fourth-order valence-electron chi connectivity index (χ4n) is 2.91. The van der Waals surface area contributed by atoms with Gasteiger partial charge in [-0.3, -0.25) is 14.6 Å². The molecule has 0 aliphatic carbocycles. The molecule has 1 aliphatic heterocycles. The van der Waals surface area contributed by atoms with E-state index in [2.05, 4.69) is 15.3 Å². The van der Waals surface area contributed by atoms with Crippen LogP contribution in [-0.4, -0.2) is 44.0 Å². The number of pyridine rings is 1. The molecule has 3 heterocycles. The summed E-state index contributed by atoms with van der Waals surface area (Å²) in [4.78, 5) is 34.7. The van der Waals surface area contributed by atoms with Crippen LogP contribution in [0.3, 0.4) is 0 Å². The number of hydrogen-bond acceptors (Lipinski definition) is 5. The van der Waals surface area contributed by atoms with Crippen molar-refractivity contribution in [2.24, 2.45) is 13.0 Å². The summed E-state index contributed by atoms with van der Waals surface area (Å²) in [6.45, 7) is 1.35. The summed E-state index contributed by atoms with van der Waals surface area (Å²) >= 11 is 1.56. The van der Waals surface area contributed by atoms with Gasteiger partial charge in [0.05, 0.1) is 24.4 Å². The van der Waals surface area contributed by atoms with Gasteiger partial charge in [0.1, 0.15) is 0 Å². The molecule has 0 bridgehead atoms. The Balaban J connectivity index is 1.54. The molecule has 2 amide bonds. The Hall–Kier alpha value is -2.35. The van der Waals surface area contributed by atoms with E-state index in [4.69, 9.17) is 0 Å². The van der Waals surface area contributed by atoms with Crippen LogP contribution in [0.5, 0.6) is 0 Å². The number of imidazole rings is 1. The van der Waals surface area contributed by atoms with Gasteiger partial charge in [0.2, 0.25) is 11.8 Å². The van der Waals surface area contributed by atoms with Crippen LogP contribution in [-0.2, 0) is 29.7 Å². The quantitative estimate of drug-likeness (QED) is 0.784. The Morgan fingerprint density at radius 2 is 2.28 bits per heavy atom. The van der Waals surface area contributed by atoms with E-state index in [1.54, 1.807) is 35.3 Å². The smallest absolute Gasteiger partial charge is 0.225 e. The largest absolute Gasteiger partial charge is 0.350 e. The van der Waals surface area contributed by atoms with Crippen LogP contribution in [0.25, 0.3) is 0 Å². The van der Waals surface area contributed by atoms with Gasteiger partial charge in [-0.1, -0.05) is 17.8 Å². The molecule has 1 aliphatic rings. The Kier molecular flexibility index (Phi) is 5.37. The molecular formula is C17H21N5O2S. The number of nitrogens with one attached hydrogen (secondary N) is 1. The van der Waals surface area contributed by atoms with Crippen LogP contribution in [0, 0.1) is 5.92 Å². The van der Waals surface area contributed by atoms with Crippen molar-refractivity contribution >= 4 is 23.6 Å². The fraction of sp³-hybridized carbons (Fsp3) is 0.412. The predicted molar refractivity (Wildman–Crippen MR) is 94.6 cm³/mol. The Bertz CT molecular complexity index is 762. The summed E-state index contributed by atoms with van der Waals surface area (Å²) in [5.41, 5.74) is 1.91. The Morgan fingerprint density at radius 3 is 2.96 bits per heavy atom. The summed E-state index contributed by atoms with van der Waals surface area (Å²) in [6.07, 6.45) is 7.43. The number of hydrogen-bond donors (Lipinski definition) is 1. The standard InChI is InChI=1S/C17H21N5O2S/c1-21-14(9-20-17(21)25-2)8-19-16(24)13-6-15(23)22(11-13)10-12-4-3-5-18-7-12/h3-5,7,9,13H,6,8,10-11H2,1-2H3,(H,19,24)/t13-/m1/s1. The number of carbonyl (C=O) groups is 2. The van der Waals surface area contributed by atoms with Crippen molar-refractivity contribution in [3.8, 4) is 0 Å². The third-order valence-electron chi connectivity index (χ3n) is 4.35. The SMILES string of the molecule is CSc1ncc(CNC(=O)[C@@H]2CC(=O)N(Cc3cccnc3)C2)n1C. The molecule has 1 saturated heterocycles. The average Bonchev–Trinajstić information content (AvgIpc) is 3.16. The van der Waals surface area contributed by atoms with E-state index >= 15 is 0 Å². The van der Waals surface area contributed by atoms with Crippen molar-refractivity contribution in [3.05, 3.63) is 42.0 Å². The van der Waals surface area contributed by atoms with E-state index < -0.39 is 0 Å². The highest BCUT2D eigenvalue weighted by molar-refractivity contribution is 7.98. The molecule has 7 nitrogen and oxygen atoms in total. The van der Waals surface area contributed by atoms with Gasteiger partial charge < -0.3 is 14.8 Å². The number of nitrogens with zero attached hydrogens (tertiary/aromatic N) is 4. The van der Waals surface area contributed by atoms with E-state index in [1.165, 1.54) is 0 Å². The maximum atomic E-state index is 12.4. The summed E-state index contributed by atoms with van der Waals surface area (Å²) in [5.74, 6) is -0.388. The summed E-state index contributed by atoms with van der Waals surface area (Å²) in [6, 6.07) is 3.77. The molecule has 0 radical (unpaired) electrons. The van der Waals surface area contributed by atoms with Gasteiger partial charge in [-0.05, 0) is 17.9 Å². The zero-order valence-electron chi connectivity index (χ0n) is 14.3. The molecular weight excluding hydrogens is 338 g/mol. The molecule has 132 valence electrons. The van der Waals surface area contributed by atoms with Gasteiger partial charge in [0.25, 0.3) is 0 Å². The number of amides is 2. The van der Waals surface area contributed by atoms with Crippen LogP contribution in [0.1, 0.15) is 17.7 Å². The van der Waals surface area contributed by atoms with Crippen molar-refractivity contribution in [2.75, 3.05) is 12.8 Å². The van der Waals surface area contributed by atoms with Crippen molar-refractivity contribution < 1.29 is 9.59 Å². The third kappa shape index (κ3) is 4.01. The minimum Gasteiger partial charge on any atom is -0.350 e. The van der Waals surface area contributed by atoms with Crippen LogP contribution in [0.2, 0.25) is 0 Å². The van der Waals surface area contributed by atoms with Crippen molar-refractivity contribution in [1.29, 1.82) is 0 Å². The van der Waals surface area contributed by atoms with E-state index in [9.17, 15) is 9.59 Å². The lowest BCUT2D eigenvalue weighted by atomic mass is 10.1. The second-order valence-electron chi connectivity index (χ2n) is 6.05.